The zero-order valence-corrected chi connectivity index (χ0v) is 10.4. The van der Waals surface area contributed by atoms with Gasteiger partial charge in [-0.05, 0) is 42.2 Å². The van der Waals surface area contributed by atoms with Crippen molar-refractivity contribution < 1.29 is 9.90 Å². The van der Waals surface area contributed by atoms with Crippen molar-refractivity contribution in [1.29, 1.82) is 0 Å². The third kappa shape index (κ3) is 1.81. The molecule has 4 heteroatoms. The van der Waals surface area contributed by atoms with Gasteiger partial charge in [0.15, 0.2) is 0 Å². The summed E-state index contributed by atoms with van der Waals surface area (Å²) in [6.07, 6.45) is 1.92. The Bertz CT molecular complexity index is 601. The summed E-state index contributed by atoms with van der Waals surface area (Å²) < 4.78 is 0. The van der Waals surface area contributed by atoms with Crippen LogP contribution in [0.4, 0.5) is 0 Å². The van der Waals surface area contributed by atoms with E-state index >= 15 is 0 Å². The summed E-state index contributed by atoms with van der Waals surface area (Å²) in [5.41, 5.74) is 3.62. The molecule has 1 atom stereocenters. The zero-order chi connectivity index (χ0) is 12.7. The van der Waals surface area contributed by atoms with Crippen LogP contribution in [0.1, 0.15) is 39.6 Å². The first-order chi connectivity index (χ1) is 8.65. The lowest BCUT2D eigenvalue weighted by molar-refractivity contribution is 0.0691. The highest BCUT2D eigenvalue weighted by molar-refractivity contribution is 6.30. The normalized spacial score (nSPS) is 17.7. The number of carbonyl (C=O) groups is 1. The maximum atomic E-state index is 10.9. The number of nitrogens with one attached hydrogen (secondary N) is 1. The number of fused-ring (bicyclic) bond motifs is 1. The fourth-order valence-corrected chi connectivity index (χ4v) is 2.76. The third-order valence-electron chi connectivity index (χ3n) is 3.50. The van der Waals surface area contributed by atoms with E-state index in [0.717, 1.165) is 29.1 Å². The molecule has 3 nitrogen and oxygen atoms in total. The summed E-state index contributed by atoms with van der Waals surface area (Å²) >= 11 is 5.88. The van der Waals surface area contributed by atoms with Gasteiger partial charge in [-0.25, -0.2) is 4.79 Å². The van der Waals surface area contributed by atoms with Crippen LogP contribution in [0.15, 0.2) is 30.3 Å². The number of aryl methyl sites for hydroxylation is 1. The average Bonchev–Trinajstić information content (AvgIpc) is 2.89. The average molecular weight is 262 g/mol. The molecule has 3 rings (SSSR count). The van der Waals surface area contributed by atoms with Crippen LogP contribution in [-0.4, -0.2) is 16.1 Å². The first-order valence-electron chi connectivity index (χ1n) is 5.85. The SMILES string of the molecule is O=C(O)c1cc2c([nH]1)CCC2c1ccc(Cl)cc1. The Morgan fingerprint density at radius 2 is 2.06 bits per heavy atom. The molecule has 1 unspecified atom stereocenters. The number of hydrogen-bond donors (Lipinski definition) is 2. The van der Waals surface area contributed by atoms with Crippen molar-refractivity contribution in [2.75, 3.05) is 0 Å². The molecule has 0 aliphatic heterocycles. The van der Waals surface area contributed by atoms with Gasteiger partial charge in [0.1, 0.15) is 5.69 Å². The van der Waals surface area contributed by atoms with E-state index in [1.165, 1.54) is 5.56 Å². The van der Waals surface area contributed by atoms with Crippen LogP contribution in [-0.2, 0) is 6.42 Å². The van der Waals surface area contributed by atoms with E-state index in [4.69, 9.17) is 16.7 Å². The minimum absolute atomic E-state index is 0.277. The Morgan fingerprint density at radius 1 is 1.33 bits per heavy atom. The smallest absolute Gasteiger partial charge is 0.352 e. The Hall–Kier alpha value is -1.74. The third-order valence-corrected chi connectivity index (χ3v) is 3.75. The van der Waals surface area contributed by atoms with Gasteiger partial charge in [0.25, 0.3) is 0 Å². The Balaban J connectivity index is 1.98. The van der Waals surface area contributed by atoms with Crippen molar-refractivity contribution in [2.45, 2.75) is 18.8 Å². The molecule has 18 heavy (non-hydrogen) atoms. The van der Waals surface area contributed by atoms with E-state index in [9.17, 15) is 4.79 Å². The molecule has 1 aliphatic rings. The largest absolute Gasteiger partial charge is 0.477 e. The minimum atomic E-state index is -0.903. The van der Waals surface area contributed by atoms with Crippen LogP contribution >= 0.6 is 11.6 Å². The molecular formula is C14H12ClNO2. The molecule has 1 aliphatic carbocycles. The second-order valence-corrected chi connectivity index (χ2v) is 5.00. The highest BCUT2D eigenvalue weighted by Gasteiger charge is 2.27. The molecule has 0 saturated carbocycles. The Kier molecular flexibility index (Phi) is 2.63. The molecule has 0 fully saturated rings. The van der Waals surface area contributed by atoms with Crippen molar-refractivity contribution >= 4 is 17.6 Å². The summed E-state index contributed by atoms with van der Waals surface area (Å²) in [7, 11) is 0. The summed E-state index contributed by atoms with van der Waals surface area (Å²) in [6.45, 7) is 0. The van der Waals surface area contributed by atoms with Crippen LogP contribution in [0.3, 0.4) is 0 Å². The molecule has 0 amide bonds. The van der Waals surface area contributed by atoms with Gasteiger partial charge in [-0.1, -0.05) is 23.7 Å². The molecule has 0 saturated heterocycles. The lowest BCUT2D eigenvalue weighted by Crippen LogP contribution is -1.98. The molecule has 0 bridgehead atoms. The number of H-pyrrole nitrogens is 1. The van der Waals surface area contributed by atoms with Gasteiger partial charge in [0.2, 0.25) is 0 Å². The van der Waals surface area contributed by atoms with Gasteiger partial charge in [-0.2, -0.15) is 0 Å². The monoisotopic (exact) mass is 261 g/mol. The van der Waals surface area contributed by atoms with Crippen LogP contribution in [0.2, 0.25) is 5.02 Å². The fourth-order valence-electron chi connectivity index (χ4n) is 2.63. The maximum Gasteiger partial charge on any atom is 0.352 e. The number of aromatic amines is 1. The number of halogens is 1. The van der Waals surface area contributed by atoms with Gasteiger partial charge >= 0.3 is 5.97 Å². The van der Waals surface area contributed by atoms with Crippen molar-refractivity contribution in [2.24, 2.45) is 0 Å². The second kappa shape index (κ2) is 4.18. The zero-order valence-electron chi connectivity index (χ0n) is 9.61. The lowest BCUT2D eigenvalue weighted by Gasteiger charge is -2.10. The predicted octanol–water partition coefficient (Wildman–Crippen LogP) is 3.44. The maximum absolute atomic E-state index is 10.9. The number of hydrogen-bond acceptors (Lipinski definition) is 1. The summed E-state index contributed by atoms with van der Waals surface area (Å²) in [4.78, 5) is 13.9. The van der Waals surface area contributed by atoms with Crippen molar-refractivity contribution in [3.05, 3.63) is 57.9 Å². The highest BCUT2D eigenvalue weighted by Crippen LogP contribution is 2.38. The minimum Gasteiger partial charge on any atom is -0.477 e. The van der Waals surface area contributed by atoms with Gasteiger partial charge in [-0.3, -0.25) is 0 Å². The molecule has 1 heterocycles. The molecule has 2 aromatic rings. The second-order valence-electron chi connectivity index (χ2n) is 4.56. The van der Waals surface area contributed by atoms with Crippen LogP contribution < -0.4 is 0 Å². The van der Waals surface area contributed by atoms with Crippen molar-refractivity contribution in [1.82, 2.24) is 4.98 Å². The van der Waals surface area contributed by atoms with E-state index in [2.05, 4.69) is 4.98 Å². The number of carboxylic acids is 1. The Labute approximate surface area is 109 Å². The van der Waals surface area contributed by atoms with Gasteiger partial charge < -0.3 is 10.1 Å². The van der Waals surface area contributed by atoms with Crippen molar-refractivity contribution in [3.8, 4) is 0 Å². The summed E-state index contributed by atoms with van der Waals surface area (Å²) in [5, 5.41) is 9.71. The summed E-state index contributed by atoms with van der Waals surface area (Å²) in [6, 6.07) is 9.52. The molecule has 1 aromatic heterocycles. The van der Waals surface area contributed by atoms with Crippen molar-refractivity contribution in [3.63, 3.8) is 0 Å². The predicted molar refractivity (Wildman–Crippen MR) is 69.4 cm³/mol. The molecule has 0 radical (unpaired) electrons. The van der Waals surface area contributed by atoms with Crippen LogP contribution in [0.25, 0.3) is 0 Å². The highest BCUT2D eigenvalue weighted by atomic mass is 35.5. The van der Waals surface area contributed by atoms with E-state index in [0.29, 0.717) is 0 Å². The first-order valence-corrected chi connectivity index (χ1v) is 6.23. The fraction of sp³-hybridized carbons (Fsp3) is 0.214. The number of aromatic nitrogens is 1. The number of aromatic carboxylic acids is 1. The number of benzene rings is 1. The van der Waals surface area contributed by atoms with E-state index in [1.807, 2.05) is 24.3 Å². The molecule has 0 spiro atoms. The topological polar surface area (TPSA) is 53.1 Å². The van der Waals surface area contributed by atoms with E-state index in [1.54, 1.807) is 6.07 Å². The lowest BCUT2D eigenvalue weighted by atomic mass is 9.94. The Morgan fingerprint density at radius 3 is 2.72 bits per heavy atom. The number of carboxylic acid groups (broad SMARTS) is 1. The van der Waals surface area contributed by atoms with Gasteiger partial charge in [0.05, 0.1) is 0 Å². The van der Waals surface area contributed by atoms with Gasteiger partial charge in [-0.15, -0.1) is 0 Å². The quantitative estimate of drug-likeness (QED) is 0.870. The molecule has 2 N–H and O–H groups in total. The molecule has 1 aromatic carbocycles. The molecule has 92 valence electrons. The van der Waals surface area contributed by atoms with E-state index in [-0.39, 0.29) is 11.6 Å². The van der Waals surface area contributed by atoms with Gasteiger partial charge in [0, 0.05) is 16.6 Å². The standard InChI is InChI=1S/C14H12ClNO2/c15-9-3-1-8(2-4-9)10-5-6-12-11(10)7-13(16-12)14(17)18/h1-4,7,10,16H,5-6H2,(H,17,18). The van der Waals surface area contributed by atoms with E-state index < -0.39 is 5.97 Å². The first kappa shape index (κ1) is 11.4. The number of rotatable bonds is 2. The summed E-state index contributed by atoms with van der Waals surface area (Å²) in [5.74, 6) is -0.624. The molecular weight excluding hydrogens is 250 g/mol. The van der Waals surface area contributed by atoms with Crippen LogP contribution in [0.5, 0.6) is 0 Å². The van der Waals surface area contributed by atoms with Crippen LogP contribution in [0, 0.1) is 0 Å².